The van der Waals surface area contributed by atoms with Gasteiger partial charge in [0.05, 0.1) is 11.5 Å². The minimum absolute atomic E-state index is 0.156. The van der Waals surface area contributed by atoms with Crippen molar-refractivity contribution in [1.82, 2.24) is 10.2 Å². The van der Waals surface area contributed by atoms with E-state index in [4.69, 9.17) is 0 Å². The minimum Gasteiger partial charge on any atom is -0.388 e. The van der Waals surface area contributed by atoms with Gasteiger partial charge in [0.1, 0.15) is 0 Å². The summed E-state index contributed by atoms with van der Waals surface area (Å²) in [6.07, 6.45) is 1.72. The molecule has 1 atom stereocenters. The van der Waals surface area contributed by atoms with Crippen molar-refractivity contribution in [2.24, 2.45) is 5.92 Å². The molecule has 0 aromatic heterocycles. The number of nitrogens with one attached hydrogen (secondary N) is 1. The van der Waals surface area contributed by atoms with E-state index in [0.717, 1.165) is 32.5 Å². The van der Waals surface area contributed by atoms with Crippen molar-refractivity contribution in [3.63, 3.8) is 0 Å². The Balaban J connectivity index is 1.93. The van der Waals surface area contributed by atoms with Crippen LogP contribution in [0.4, 0.5) is 0 Å². The average molecular weight is 198 g/mol. The highest BCUT2D eigenvalue weighted by Gasteiger charge is 2.35. The van der Waals surface area contributed by atoms with E-state index in [1.807, 2.05) is 11.8 Å². The summed E-state index contributed by atoms with van der Waals surface area (Å²) in [6, 6.07) is 0. The Morgan fingerprint density at radius 2 is 2.29 bits per heavy atom. The molecule has 2 saturated heterocycles. The first-order chi connectivity index (χ1) is 6.58. The van der Waals surface area contributed by atoms with Crippen LogP contribution in [0.5, 0.6) is 0 Å². The van der Waals surface area contributed by atoms with Crippen LogP contribution in [0.25, 0.3) is 0 Å². The van der Waals surface area contributed by atoms with Gasteiger partial charge < -0.3 is 15.3 Å². The molecule has 0 bridgehead atoms. The number of rotatable bonds is 1. The van der Waals surface area contributed by atoms with E-state index < -0.39 is 5.60 Å². The standard InChI is InChI=1S/C10H18N2O2/c1-10(14)3-2-4-12(7-10)9(13)8-5-11-6-8/h8,11,14H,2-7H2,1H3. The molecule has 0 aromatic rings. The van der Waals surface area contributed by atoms with Crippen LogP contribution in [0.3, 0.4) is 0 Å². The quantitative estimate of drug-likeness (QED) is 0.601. The van der Waals surface area contributed by atoms with E-state index >= 15 is 0 Å². The Morgan fingerprint density at radius 1 is 1.57 bits per heavy atom. The second kappa shape index (κ2) is 3.51. The number of hydrogen-bond acceptors (Lipinski definition) is 3. The number of likely N-dealkylation sites (tertiary alicyclic amines) is 1. The lowest BCUT2D eigenvalue weighted by atomic mass is 9.93. The molecular formula is C10H18N2O2. The number of nitrogens with zero attached hydrogens (tertiary/aromatic N) is 1. The smallest absolute Gasteiger partial charge is 0.228 e. The Labute approximate surface area is 84.3 Å². The van der Waals surface area contributed by atoms with Gasteiger partial charge in [-0.05, 0) is 19.8 Å². The largest absolute Gasteiger partial charge is 0.388 e. The van der Waals surface area contributed by atoms with Crippen LogP contribution in [0.1, 0.15) is 19.8 Å². The third kappa shape index (κ3) is 1.91. The number of carbonyl (C=O) groups excluding carboxylic acids is 1. The van der Waals surface area contributed by atoms with Crippen LogP contribution in [0.2, 0.25) is 0 Å². The summed E-state index contributed by atoms with van der Waals surface area (Å²) in [7, 11) is 0. The van der Waals surface area contributed by atoms with E-state index in [1.54, 1.807) is 0 Å². The Kier molecular flexibility index (Phi) is 2.49. The van der Waals surface area contributed by atoms with E-state index in [9.17, 15) is 9.90 Å². The Hall–Kier alpha value is -0.610. The van der Waals surface area contributed by atoms with E-state index in [0.29, 0.717) is 6.54 Å². The molecule has 2 fully saturated rings. The van der Waals surface area contributed by atoms with Crippen molar-refractivity contribution < 1.29 is 9.90 Å². The summed E-state index contributed by atoms with van der Waals surface area (Å²) in [5, 5.41) is 12.9. The topological polar surface area (TPSA) is 52.6 Å². The number of amides is 1. The highest BCUT2D eigenvalue weighted by Crippen LogP contribution is 2.22. The molecule has 1 amide bonds. The molecule has 4 heteroatoms. The Bertz CT molecular complexity index is 236. The van der Waals surface area contributed by atoms with Gasteiger partial charge in [-0.1, -0.05) is 0 Å². The third-order valence-corrected chi connectivity index (χ3v) is 3.12. The molecule has 14 heavy (non-hydrogen) atoms. The van der Waals surface area contributed by atoms with Crippen molar-refractivity contribution in [3.05, 3.63) is 0 Å². The van der Waals surface area contributed by atoms with Crippen LogP contribution in [-0.4, -0.2) is 47.7 Å². The van der Waals surface area contributed by atoms with Gasteiger partial charge in [0.15, 0.2) is 0 Å². The third-order valence-electron chi connectivity index (χ3n) is 3.12. The van der Waals surface area contributed by atoms with Crippen molar-refractivity contribution in [2.45, 2.75) is 25.4 Å². The lowest BCUT2D eigenvalue weighted by Gasteiger charge is -2.40. The molecule has 4 nitrogen and oxygen atoms in total. The van der Waals surface area contributed by atoms with Crippen LogP contribution in [0.15, 0.2) is 0 Å². The molecule has 2 rings (SSSR count). The maximum atomic E-state index is 11.8. The first kappa shape index (κ1) is 9.93. The molecule has 0 aromatic carbocycles. The summed E-state index contributed by atoms with van der Waals surface area (Å²) >= 11 is 0. The second-order valence-electron chi connectivity index (χ2n) is 4.72. The Morgan fingerprint density at radius 3 is 2.79 bits per heavy atom. The normalized spacial score (nSPS) is 34.0. The zero-order valence-electron chi connectivity index (χ0n) is 8.62. The molecule has 2 aliphatic heterocycles. The summed E-state index contributed by atoms with van der Waals surface area (Å²) < 4.78 is 0. The van der Waals surface area contributed by atoms with Gasteiger partial charge in [-0.3, -0.25) is 4.79 Å². The molecule has 80 valence electrons. The lowest BCUT2D eigenvalue weighted by molar-refractivity contribution is -0.143. The summed E-state index contributed by atoms with van der Waals surface area (Å²) in [4.78, 5) is 13.7. The molecule has 0 spiro atoms. The zero-order chi connectivity index (χ0) is 10.2. The summed E-state index contributed by atoms with van der Waals surface area (Å²) in [6.45, 7) is 4.73. The van der Waals surface area contributed by atoms with Crippen molar-refractivity contribution in [1.29, 1.82) is 0 Å². The van der Waals surface area contributed by atoms with Crippen LogP contribution in [0, 0.1) is 5.92 Å². The molecule has 0 radical (unpaired) electrons. The molecule has 2 aliphatic rings. The maximum Gasteiger partial charge on any atom is 0.228 e. The molecule has 1 unspecified atom stereocenters. The fourth-order valence-corrected chi connectivity index (χ4v) is 2.13. The number of piperidine rings is 1. The number of carbonyl (C=O) groups is 1. The van der Waals surface area contributed by atoms with Gasteiger partial charge in [0.25, 0.3) is 0 Å². The van der Waals surface area contributed by atoms with Gasteiger partial charge in [0, 0.05) is 26.2 Å². The van der Waals surface area contributed by atoms with Gasteiger partial charge in [-0.25, -0.2) is 0 Å². The molecule has 2 N–H and O–H groups in total. The van der Waals surface area contributed by atoms with E-state index in [-0.39, 0.29) is 11.8 Å². The zero-order valence-corrected chi connectivity index (χ0v) is 8.62. The van der Waals surface area contributed by atoms with E-state index in [1.165, 1.54) is 0 Å². The molecule has 0 aliphatic carbocycles. The van der Waals surface area contributed by atoms with Crippen LogP contribution in [-0.2, 0) is 4.79 Å². The first-order valence-electron chi connectivity index (χ1n) is 5.30. The molecule has 0 saturated carbocycles. The fraction of sp³-hybridized carbons (Fsp3) is 0.900. The minimum atomic E-state index is -0.676. The first-order valence-corrected chi connectivity index (χ1v) is 5.30. The SMILES string of the molecule is CC1(O)CCCN(C(=O)C2CNC2)C1. The average Bonchev–Trinajstić information content (AvgIpc) is 1.99. The van der Waals surface area contributed by atoms with E-state index in [2.05, 4.69) is 5.32 Å². The summed E-state index contributed by atoms with van der Waals surface area (Å²) in [5.41, 5.74) is -0.676. The van der Waals surface area contributed by atoms with Gasteiger partial charge in [0.2, 0.25) is 5.91 Å². The van der Waals surface area contributed by atoms with Crippen molar-refractivity contribution in [3.8, 4) is 0 Å². The fourth-order valence-electron chi connectivity index (χ4n) is 2.13. The number of aliphatic hydroxyl groups is 1. The van der Waals surface area contributed by atoms with Crippen molar-refractivity contribution >= 4 is 5.91 Å². The monoisotopic (exact) mass is 198 g/mol. The molecule has 2 heterocycles. The predicted octanol–water partition coefficient (Wildman–Crippen LogP) is -0.421. The van der Waals surface area contributed by atoms with Gasteiger partial charge in [-0.2, -0.15) is 0 Å². The predicted molar refractivity (Wildman–Crippen MR) is 52.8 cm³/mol. The second-order valence-corrected chi connectivity index (χ2v) is 4.72. The highest BCUT2D eigenvalue weighted by molar-refractivity contribution is 5.80. The highest BCUT2D eigenvalue weighted by atomic mass is 16.3. The van der Waals surface area contributed by atoms with Crippen molar-refractivity contribution in [2.75, 3.05) is 26.2 Å². The number of hydrogen-bond donors (Lipinski definition) is 2. The van der Waals surface area contributed by atoms with Gasteiger partial charge in [-0.15, -0.1) is 0 Å². The molecular weight excluding hydrogens is 180 g/mol. The number of β-amino-alcohol motifs (C(OH)–C–C–N with tert-alkyl or cyclic N) is 1. The summed E-state index contributed by atoms with van der Waals surface area (Å²) in [5.74, 6) is 0.368. The lowest BCUT2D eigenvalue weighted by Crippen LogP contribution is -2.56. The van der Waals surface area contributed by atoms with Gasteiger partial charge >= 0.3 is 0 Å². The van der Waals surface area contributed by atoms with Crippen LogP contribution < -0.4 is 5.32 Å². The maximum absolute atomic E-state index is 11.8. The van der Waals surface area contributed by atoms with Crippen LogP contribution >= 0.6 is 0 Å².